The van der Waals surface area contributed by atoms with Crippen molar-refractivity contribution in [3.8, 4) is 33.4 Å². The molecule has 0 saturated carbocycles. The maximum Gasteiger partial charge on any atom is 0.0862 e. The molecule has 10 aromatic carbocycles. The molecule has 0 amide bonds. The molecule has 0 bridgehead atoms. The molecule has 56 heavy (non-hydrogen) atoms. The summed E-state index contributed by atoms with van der Waals surface area (Å²) in [4.78, 5) is 5.18. The fourth-order valence-corrected chi connectivity index (χ4v) is 9.91. The second-order valence-corrected chi connectivity index (χ2v) is 15.2. The first-order chi connectivity index (χ1) is 27.8. The number of fused-ring (bicyclic) bond motifs is 5. The Morgan fingerprint density at radius 1 is 0.304 bits per heavy atom. The minimum atomic E-state index is 0.0827. The third-order valence-electron chi connectivity index (χ3n) is 12.3. The third kappa shape index (κ3) is 4.56. The van der Waals surface area contributed by atoms with Gasteiger partial charge in [-0.05, 0) is 108 Å². The van der Waals surface area contributed by atoms with Crippen LogP contribution in [-0.4, -0.2) is 0 Å². The Balaban J connectivity index is 1.04. The first-order valence-corrected chi connectivity index (χ1v) is 19.6. The van der Waals surface area contributed by atoms with Crippen molar-refractivity contribution in [1.82, 2.24) is 0 Å². The Hall–Kier alpha value is -7.16. The smallest absolute Gasteiger partial charge is 0.0862 e. The quantitative estimate of drug-likeness (QED) is 0.164. The Morgan fingerprint density at radius 3 is 1.54 bits per heavy atom. The molecule has 2 unspecified atom stereocenters. The van der Waals surface area contributed by atoms with Crippen molar-refractivity contribution >= 4 is 55.1 Å². The van der Waals surface area contributed by atoms with Crippen molar-refractivity contribution < 1.29 is 0 Å². The zero-order valence-electron chi connectivity index (χ0n) is 30.7. The fourth-order valence-electron chi connectivity index (χ4n) is 9.91. The molecule has 0 saturated heterocycles. The molecule has 2 heterocycles. The summed E-state index contributed by atoms with van der Waals surface area (Å²) in [5.41, 5.74) is 15.1. The van der Waals surface area contributed by atoms with Gasteiger partial charge in [0.2, 0.25) is 0 Å². The molecule has 2 heteroatoms. The molecule has 2 atom stereocenters. The van der Waals surface area contributed by atoms with Gasteiger partial charge in [-0.2, -0.15) is 0 Å². The molecule has 2 aliphatic rings. The lowest BCUT2D eigenvalue weighted by atomic mass is 9.87. The predicted molar refractivity (Wildman–Crippen MR) is 236 cm³/mol. The summed E-state index contributed by atoms with van der Waals surface area (Å²) < 4.78 is 0. The molecule has 0 fully saturated rings. The van der Waals surface area contributed by atoms with Crippen LogP contribution < -0.4 is 9.80 Å². The second-order valence-electron chi connectivity index (χ2n) is 15.2. The standard InChI is InChI=1S/C54H36N2/c1-4-13-35(14-5-1)39-27-32-50-48(34-39)54-53(55(50)41-18-8-3-9-19-41)47-21-10-11-22-49(47)56(54)42-20-12-17-40(33-42)44-29-24-38-25-30-45-43(36-15-6-2-7-16-36)28-23-37-26-31-46(44)52(38)51(37)45/h1-34,53-54H. The fraction of sp³-hybridized carbons (Fsp3) is 0.0370. The minimum absolute atomic E-state index is 0.0827. The minimum Gasteiger partial charge on any atom is -0.331 e. The lowest BCUT2D eigenvalue weighted by Crippen LogP contribution is -2.24. The van der Waals surface area contributed by atoms with Crippen molar-refractivity contribution in [1.29, 1.82) is 0 Å². The van der Waals surface area contributed by atoms with E-state index in [1.54, 1.807) is 0 Å². The lowest BCUT2D eigenvalue weighted by Gasteiger charge is -2.29. The summed E-state index contributed by atoms with van der Waals surface area (Å²) in [5.74, 6) is 0. The van der Waals surface area contributed by atoms with Crippen LogP contribution in [0.2, 0.25) is 0 Å². The number of hydrogen-bond donors (Lipinski definition) is 0. The van der Waals surface area contributed by atoms with Gasteiger partial charge in [-0.25, -0.2) is 0 Å². The van der Waals surface area contributed by atoms with Gasteiger partial charge in [-0.3, -0.25) is 0 Å². The molecular weight excluding hydrogens is 677 g/mol. The first kappa shape index (κ1) is 31.2. The first-order valence-electron chi connectivity index (χ1n) is 19.6. The summed E-state index contributed by atoms with van der Waals surface area (Å²) in [6.07, 6.45) is 0. The summed E-state index contributed by atoms with van der Waals surface area (Å²) in [6.45, 7) is 0. The predicted octanol–water partition coefficient (Wildman–Crippen LogP) is 14.7. The van der Waals surface area contributed by atoms with Crippen LogP contribution in [0.5, 0.6) is 0 Å². The van der Waals surface area contributed by atoms with Crippen LogP contribution in [-0.2, 0) is 0 Å². The molecule has 2 nitrogen and oxygen atoms in total. The van der Waals surface area contributed by atoms with E-state index in [1.165, 1.54) is 99.6 Å². The third-order valence-corrected chi connectivity index (χ3v) is 12.3. The van der Waals surface area contributed by atoms with Gasteiger partial charge >= 0.3 is 0 Å². The van der Waals surface area contributed by atoms with E-state index in [0.717, 1.165) is 0 Å². The number of anilines is 4. The van der Waals surface area contributed by atoms with E-state index in [0.29, 0.717) is 0 Å². The molecule has 12 rings (SSSR count). The average Bonchev–Trinajstić information content (AvgIpc) is 3.79. The molecule has 10 aromatic rings. The molecule has 2 aliphatic heterocycles. The van der Waals surface area contributed by atoms with Gasteiger partial charge in [0, 0.05) is 33.9 Å². The van der Waals surface area contributed by atoms with Crippen molar-refractivity contribution in [3.63, 3.8) is 0 Å². The summed E-state index contributed by atoms with van der Waals surface area (Å²) >= 11 is 0. The highest BCUT2D eigenvalue weighted by Gasteiger charge is 2.50. The second kappa shape index (κ2) is 12.2. The van der Waals surface area contributed by atoms with Gasteiger partial charge in [-0.15, -0.1) is 0 Å². The topological polar surface area (TPSA) is 6.48 Å². The average molecular weight is 713 g/mol. The molecule has 0 N–H and O–H groups in total. The van der Waals surface area contributed by atoms with Crippen LogP contribution in [0.15, 0.2) is 206 Å². The van der Waals surface area contributed by atoms with Gasteiger partial charge in [-0.1, -0.05) is 164 Å². The van der Waals surface area contributed by atoms with Crippen molar-refractivity contribution in [2.75, 3.05) is 9.80 Å². The lowest BCUT2D eigenvalue weighted by molar-refractivity contribution is 0.634. The number of hydrogen-bond acceptors (Lipinski definition) is 2. The van der Waals surface area contributed by atoms with E-state index in [4.69, 9.17) is 0 Å². The van der Waals surface area contributed by atoms with Gasteiger partial charge in [0.15, 0.2) is 0 Å². The Kier molecular flexibility index (Phi) is 6.79. The maximum absolute atomic E-state index is 2.61. The van der Waals surface area contributed by atoms with Gasteiger partial charge in [0.25, 0.3) is 0 Å². The highest BCUT2D eigenvalue weighted by molar-refractivity contribution is 6.27. The number of benzene rings is 10. The van der Waals surface area contributed by atoms with Crippen molar-refractivity contribution in [2.45, 2.75) is 12.1 Å². The van der Waals surface area contributed by atoms with E-state index < -0.39 is 0 Å². The van der Waals surface area contributed by atoms with Crippen LogP contribution in [0.4, 0.5) is 22.7 Å². The molecule has 0 radical (unpaired) electrons. The van der Waals surface area contributed by atoms with E-state index in [1.807, 2.05) is 0 Å². The van der Waals surface area contributed by atoms with Crippen LogP contribution >= 0.6 is 0 Å². The normalized spacial score (nSPS) is 15.8. The van der Waals surface area contributed by atoms with Crippen LogP contribution in [0.3, 0.4) is 0 Å². The van der Waals surface area contributed by atoms with E-state index in [9.17, 15) is 0 Å². The number of nitrogens with zero attached hydrogens (tertiary/aromatic N) is 2. The SMILES string of the molecule is c1ccc(-c2ccc3c(c2)C2C(c4ccccc4N2c2cccc(-c4ccc5ccc6c(-c7ccccc7)ccc7ccc4c5c76)c2)N3c2ccccc2)cc1. The van der Waals surface area contributed by atoms with E-state index in [2.05, 4.69) is 216 Å². The zero-order valence-corrected chi connectivity index (χ0v) is 30.7. The van der Waals surface area contributed by atoms with E-state index >= 15 is 0 Å². The largest absolute Gasteiger partial charge is 0.331 e. The van der Waals surface area contributed by atoms with Gasteiger partial charge in [0.1, 0.15) is 0 Å². The number of rotatable bonds is 5. The molecule has 0 aromatic heterocycles. The maximum atomic E-state index is 2.61. The Bertz CT molecular complexity index is 3100. The Labute approximate surface area is 326 Å². The number of para-hydroxylation sites is 2. The summed E-state index contributed by atoms with van der Waals surface area (Å²) in [5, 5.41) is 7.82. The van der Waals surface area contributed by atoms with Gasteiger partial charge < -0.3 is 9.80 Å². The van der Waals surface area contributed by atoms with E-state index in [-0.39, 0.29) is 12.1 Å². The highest BCUT2D eigenvalue weighted by Crippen LogP contribution is 2.63. The molecule has 262 valence electrons. The monoisotopic (exact) mass is 712 g/mol. The summed E-state index contributed by atoms with van der Waals surface area (Å²) in [6, 6.07) is 76.5. The summed E-state index contributed by atoms with van der Waals surface area (Å²) in [7, 11) is 0. The van der Waals surface area contributed by atoms with Crippen molar-refractivity contribution in [2.24, 2.45) is 0 Å². The zero-order chi connectivity index (χ0) is 36.7. The van der Waals surface area contributed by atoms with Gasteiger partial charge in [0.05, 0.1) is 12.1 Å². The molecule has 0 aliphatic carbocycles. The van der Waals surface area contributed by atoms with Crippen molar-refractivity contribution in [3.05, 3.63) is 217 Å². The van der Waals surface area contributed by atoms with Crippen LogP contribution in [0.1, 0.15) is 23.2 Å². The van der Waals surface area contributed by atoms with Crippen LogP contribution in [0, 0.1) is 0 Å². The molecule has 0 spiro atoms. The molecular formula is C54H36N2. The Morgan fingerprint density at radius 2 is 0.821 bits per heavy atom. The van der Waals surface area contributed by atoms with Crippen LogP contribution in [0.25, 0.3) is 65.7 Å². The highest BCUT2D eigenvalue weighted by atomic mass is 15.3.